The lowest BCUT2D eigenvalue weighted by Crippen LogP contribution is -2.53. The van der Waals surface area contributed by atoms with E-state index in [4.69, 9.17) is 5.11 Å². The number of carboxylic acid groups (broad SMARTS) is 1. The Bertz CT molecular complexity index is 330. The van der Waals surface area contributed by atoms with Gasteiger partial charge in [-0.05, 0) is 26.2 Å². The van der Waals surface area contributed by atoms with Crippen molar-refractivity contribution in [1.82, 2.24) is 10.2 Å². The summed E-state index contributed by atoms with van der Waals surface area (Å²) >= 11 is 0. The molecule has 2 amide bonds. The van der Waals surface area contributed by atoms with E-state index >= 15 is 0 Å². The van der Waals surface area contributed by atoms with E-state index in [0.29, 0.717) is 6.54 Å². The van der Waals surface area contributed by atoms with Crippen LogP contribution in [0, 0.1) is 5.92 Å². The first kappa shape index (κ1) is 14.8. The van der Waals surface area contributed by atoms with Gasteiger partial charge >= 0.3 is 12.0 Å². The summed E-state index contributed by atoms with van der Waals surface area (Å²) in [5.41, 5.74) is -0.797. The van der Waals surface area contributed by atoms with Gasteiger partial charge in [0.05, 0.1) is 19.1 Å². The lowest BCUT2D eigenvalue weighted by Gasteiger charge is -2.31. The highest BCUT2D eigenvalue weighted by Gasteiger charge is 2.36. The van der Waals surface area contributed by atoms with E-state index in [1.165, 1.54) is 0 Å². The Morgan fingerprint density at radius 1 is 1.44 bits per heavy atom. The number of nitrogens with one attached hydrogen (secondary N) is 1. The molecule has 1 aliphatic rings. The van der Waals surface area contributed by atoms with Gasteiger partial charge in [0, 0.05) is 12.1 Å². The van der Waals surface area contributed by atoms with Crippen LogP contribution in [0.2, 0.25) is 0 Å². The van der Waals surface area contributed by atoms with Crippen molar-refractivity contribution in [3.63, 3.8) is 0 Å². The number of carbonyl (C=O) groups is 2. The van der Waals surface area contributed by atoms with E-state index in [1.54, 1.807) is 18.7 Å². The monoisotopic (exact) mass is 258 g/mol. The summed E-state index contributed by atoms with van der Waals surface area (Å²) in [5, 5.41) is 20.8. The number of hydrogen-bond donors (Lipinski definition) is 3. The molecule has 1 saturated heterocycles. The van der Waals surface area contributed by atoms with Crippen molar-refractivity contribution in [3.05, 3.63) is 0 Å². The number of nitrogens with zero attached hydrogens (tertiary/aromatic N) is 1. The molecule has 2 unspecified atom stereocenters. The Balaban J connectivity index is 2.62. The Kier molecular flexibility index (Phi) is 4.56. The van der Waals surface area contributed by atoms with Gasteiger partial charge in [-0.15, -0.1) is 0 Å². The van der Waals surface area contributed by atoms with Gasteiger partial charge in [-0.2, -0.15) is 0 Å². The van der Waals surface area contributed by atoms with E-state index in [1.807, 2.05) is 6.92 Å². The fraction of sp³-hybridized carbons (Fsp3) is 0.833. The third-order valence-corrected chi connectivity index (χ3v) is 3.37. The van der Waals surface area contributed by atoms with Crippen molar-refractivity contribution in [3.8, 4) is 0 Å². The Hall–Kier alpha value is -1.30. The molecule has 0 bridgehead atoms. The van der Waals surface area contributed by atoms with Crippen LogP contribution in [-0.4, -0.2) is 51.8 Å². The van der Waals surface area contributed by atoms with Crippen LogP contribution in [0.25, 0.3) is 0 Å². The highest BCUT2D eigenvalue weighted by atomic mass is 16.4. The minimum atomic E-state index is -0.950. The first-order chi connectivity index (χ1) is 8.26. The van der Waals surface area contributed by atoms with Gasteiger partial charge < -0.3 is 20.4 Å². The van der Waals surface area contributed by atoms with Crippen LogP contribution in [0.15, 0.2) is 0 Å². The van der Waals surface area contributed by atoms with Crippen LogP contribution in [0.4, 0.5) is 4.79 Å². The fourth-order valence-corrected chi connectivity index (χ4v) is 2.32. The molecule has 0 aromatic carbocycles. The largest absolute Gasteiger partial charge is 0.481 e. The lowest BCUT2D eigenvalue weighted by atomic mass is 10.0. The second-order valence-electron chi connectivity index (χ2n) is 5.59. The van der Waals surface area contributed by atoms with Crippen molar-refractivity contribution in [2.24, 2.45) is 5.92 Å². The number of aliphatic carboxylic acids is 1. The Morgan fingerprint density at radius 2 is 2.06 bits per heavy atom. The van der Waals surface area contributed by atoms with Crippen molar-refractivity contribution in [2.45, 2.75) is 45.2 Å². The highest BCUT2D eigenvalue weighted by molar-refractivity contribution is 5.77. The highest BCUT2D eigenvalue weighted by Crippen LogP contribution is 2.24. The molecule has 6 heteroatoms. The number of urea groups is 1. The van der Waals surface area contributed by atoms with Crippen LogP contribution >= 0.6 is 0 Å². The number of carbonyl (C=O) groups excluding carboxylic acids is 1. The molecule has 1 rings (SSSR count). The molecule has 1 fully saturated rings. The van der Waals surface area contributed by atoms with Crippen LogP contribution in [0.3, 0.4) is 0 Å². The SMILES string of the molecule is CC1CCN(C(=O)NC(C)(C)CC(=O)O)C1CO. The van der Waals surface area contributed by atoms with Crippen molar-refractivity contribution >= 4 is 12.0 Å². The minimum Gasteiger partial charge on any atom is -0.481 e. The van der Waals surface area contributed by atoms with E-state index in [0.717, 1.165) is 6.42 Å². The van der Waals surface area contributed by atoms with Crippen LogP contribution in [0.1, 0.15) is 33.6 Å². The van der Waals surface area contributed by atoms with E-state index in [9.17, 15) is 14.7 Å². The topological polar surface area (TPSA) is 89.9 Å². The van der Waals surface area contributed by atoms with Crippen molar-refractivity contribution in [2.75, 3.05) is 13.2 Å². The van der Waals surface area contributed by atoms with Crippen molar-refractivity contribution < 1.29 is 19.8 Å². The maximum atomic E-state index is 12.1. The van der Waals surface area contributed by atoms with E-state index < -0.39 is 11.5 Å². The van der Waals surface area contributed by atoms with Gasteiger partial charge in [0.2, 0.25) is 0 Å². The summed E-state index contributed by atoms with van der Waals surface area (Å²) < 4.78 is 0. The molecule has 1 heterocycles. The smallest absolute Gasteiger partial charge is 0.318 e. The molecule has 104 valence electrons. The molecule has 0 aromatic heterocycles. The molecule has 2 atom stereocenters. The Labute approximate surface area is 107 Å². The summed E-state index contributed by atoms with van der Waals surface area (Å²) in [6.07, 6.45) is 0.726. The molecule has 0 radical (unpaired) electrons. The second-order valence-corrected chi connectivity index (χ2v) is 5.59. The fourth-order valence-electron chi connectivity index (χ4n) is 2.32. The predicted octanol–water partition coefficient (Wildman–Crippen LogP) is 0.652. The zero-order valence-electron chi connectivity index (χ0n) is 11.1. The molecule has 1 aliphatic heterocycles. The molecular weight excluding hydrogens is 236 g/mol. The zero-order valence-corrected chi connectivity index (χ0v) is 11.1. The van der Waals surface area contributed by atoms with Crippen LogP contribution < -0.4 is 5.32 Å². The summed E-state index contributed by atoms with van der Waals surface area (Å²) in [6, 6.07) is -0.477. The van der Waals surface area contributed by atoms with Gasteiger partial charge in [-0.3, -0.25) is 4.79 Å². The Morgan fingerprint density at radius 3 is 2.56 bits per heavy atom. The molecular formula is C12H22N2O4. The second kappa shape index (κ2) is 5.56. The quantitative estimate of drug-likeness (QED) is 0.690. The first-order valence-electron chi connectivity index (χ1n) is 6.18. The normalized spacial score (nSPS) is 24.1. The molecule has 0 aliphatic carbocycles. The van der Waals surface area contributed by atoms with Crippen LogP contribution in [0.5, 0.6) is 0 Å². The molecule has 0 saturated carbocycles. The van der Waals surface area contributed by atoms with Gasteiger partial charge in [-0.1, -0.05) is 6.92 Å². The number of amides is 2. The number of carboxylic acids is 1. The van der Waals surface area contributed by atoms with Crippen molar-refractivity contribution in [1.29, 1.82) is 0 Å². The zero-order chi connectivity index (χ0) is 13.9. The lowest BCUT2D eigenvalue weighted by molar-refractivity contribution is -0.138. The number of aliphatic hydroxyl groups excluding tert-OH is 1. The van der Waals surface area contributed by atoms with Gasteiger partial charge in [0.25, 0.3) is 0 Å². The number of aliphatic hydroxyl groups is 1. The summed E-state index contributed by atoms with van der Waals surface area (Å²) in [5.74, 6) is -0.683. The molecule has 6 nitrogen and oxygen atoms in total. The average Bonchev–Trinajstić information content (AvgIpc) is 2.56. The maximum Gasteiger partial charge on any atom is 0.318 e. The molecule has 18 heavy (non-hydrogen) atoms. The minimum absolute atomic E-state index is 0.0616. The molecule has 0 aromatic rings. The average molecular weight is 258 g/mol. The summed E-state index contributed by atoms with van der Waals surface area (Å²) in [4.78, 5) is 24.3. The molecule has 0 spiro atoms. The van der Waals surface area contributed by atoms with Gasteiger partial charge in [-0.25, -0.2) is 4.79 Å². The van der Waals surface area contributed by atoms with Gasteiger partial charge in [0.15, 0.2) is 0 Å². The molecule has 3 N–H and O–H groups in total. The number of rotatable bonds is 4. The third-order valence-electron chi connectivity index (χ3n) is 3.37. The maximum absolute atomic E-state index is 12.1. The van der Waals surface area contributed by atoms with E-state index in [-0.39, 0.29) is 31.0 Å². The summed E-state index contributed by atoms with van der Waals surface area (Å²) in [7, 11) is 0. The number of hydrogen-bond acceptors (Lipinski definition) is 3. The summed E-state index contributed by atoms with van der Waals surface area (Å²) in [6.45, 7) is 5.88. The predicted molar refractivity (Wildman–Crippen MR) is 66.2 cm³/mol. The van der Waals surface area contributed by atoms with Crippen LogP contribution in [-0.2, 0) is 4.79 Å². The van der Waals surface area contributed by atoms with Gasteiger partial charge in [0.1, 0.15) is 0 Å². The third kappa shape index (κ3) is 3.60. The van der Waals surface area contributed by atoms with E-state index in [2.05, 4.69) is 5.32 Å². The standard InChI is InChI=1S/C12H22N2O4/c1-8-4-5-14(9(8)7-15)11(18)13-12(2,3)6-10(16)17/h8-9,15H,4-7H2,1-3H3,(H,13,18)(H,16,17). The first-order valence-corrected chi connectivity index (χ1v) is 6.18. The number of likely N-dealkylation sites (tertiary alicyclic amines) is 1.